The normalized spacial score (nSPS) is 11.9. The van der Waals surface area contributed by atoms with Gasteiger partial charge in [-0.2, -0.15) is 0 Å². The number of nitrogens with one attached hydrogen (secondary N) is 1. The van der Waals surface area contributed by atoms with E-state index in [1.807, 2.05) is 69.3 Å². The third-order valence-corrected chi connectivity index (χ3v) is 4.35. The van der Waals surface area contributed by atoms with E-state index in [1.165, 1.54) is 11.8 Å². The molecule has 1 atom stereocenters. The molecule has 0 aromatic heterocycles. The van der Waals surface area contributed by atoms with E-state index in [1.54, 1.807) is 7.11 Å². The summed E-state index contributed by atoms with van der Waals surface area (Å²) in [5.74, 6) is 1.57. The average molecular weight is 345 g/mol. The number of amides is 1. The van der Waals surface area contributed by atoms with Crippen LogP contribution in [0.2, 0.25) is 0 Å². The van der Waals surface area contributed by atoms with E-state index >= 15 is 0 Å². The van der Waals surface area contributed by atoms with Gasteiger partial charge in [-0.15, -0.1) is 11.8 Å². The zero-order valence-electron chi connectivity index (χ0n) is 14.4. The lowest BCUT2D eigenvalue weighted by molar-refractivity contribution is -0.115. The maximum Gasteiger partial charge on any atom is 0.237 e. The van der Waals surface area contributed by atoms with E-state index in [0.29, 0.717) is 0 Å². The molecule has 5 heteroatoms. The predicted octanol–water partition coefficient (Wildman–Crippen LogP) is 4.60. The van der Waals surface area contributed by atoms with Crippen LogP contribution in [-0.4, -0.2) is 24.4 Å². The zero-order chi connectivity index (χ0) is 17.5. The van der Waals surface area contributed by atoms with Crippen molar-refractivity contribution in [2.45, 2.75) is 37.0 Å². The van der Waals surface area contributed by atoms with Gasteiger partial charge >= 0.3 is 0 Å². The first kappa shape index (κ1) is 18.2. The minimum atomic E-state index is -0.204. The summed E-state index contributed by atoms with van der Waals surface area (Å²) in [6, 6.07) is 15.1. The lowest BCUT2D eigenvalue weighted by Crippen LogP contribution is -2.22. The number of anilines is 1. The molecule has 0 heterocycles. The van der Waals surface area contributed by atoms with Crippen molar-refractivity contribution in [2.24, 2.45) is 0 Å². The number of carbonyl (C=O) groups excluding carboxylic acids is 1. The molecule has 0 bridgehead atoms. The van der Waals surface area contributed by atoms with Crippen LogP contribution in [0.3, 0.4) is 0 Å². The Bertz CT molecular complexity index is 653. The molecule has 128 valence electrons. The van der Waals surface area contributed by atoms with Crippen LogP contribution in [0.5, 0.6) is 11.5 Å². The van der Waals surface area contributed by atoms with Crippen LogP contribution in [0.1, 0.15) is 20.8 Å². The Labute approximate surface area is 147 Å². The number of rotatable bonds is 7. The summed E-state index contributed by atoms with van der Waals surface area (Å²) < 4.78 is 10.7. The van der Waals surface area contributed by atoms with Gasteiger partial charge in [-0.1, -0.05) is 0 Å². The number of carbonyl (C=O) groups is 1. The van der Waals surface area contributed by atoms with Gasteiger partial charge in [0, 0.05) is 10.6 Å². The molecule has 2 aromatic carbocycles. The fourth-order valence-electron chi connectivity index (χ4n) is 2.04. The van der Waals surface area contributed by atoms with Gasteiger partial charge in [0.2, 0.25) is 5.91 Å². The molecule has 0 unspecified atom stereocenters. The second kappa shape index (κ2) is 8.64. The van der Waals surface area contributed by atoms with Crippen LogP contribution < -0.4 is 14.8 Å². The van der Waals surface area contributed by atoms with Crippen molar-refractivity contribution in [1.82, 2.24) is 0 Å². The number of ether oxygens (including phenoxy) is 2. The summed E-state index contributed by atoms with van der Waals surface area (Å²) in [6.07, 6.45) is 0.131. The van der Waals surface area contributed by atoms with Crippen LogP contribution in [0.4, 0.5) is 5.69 Å². The Morgan fingerprint density at radius 1 is 0.958 bits per heavy atom. The highest BCUT2D eigenvalue weighted by molar-refractivity contribution is 8.00. The second-order valence-corrected chi connectivity index (χ2v) is 7.03. The third-order valence-electron chi connectivity index (χ3n) is 3.24. The molecule has 0 spiro atoms. The molecule has 24 heavy (non-hydrogen) atoms. The van der Waals surface area contributed by atoms with Gasteiger partial charge in [0.15, 0.2) is 0 Å². The molecule has 0 aliphatic heterocycles. The van der Waals surface area contributed by atoms with E-state index < -0.39 is 0 Å². The highest BCUT2D eigenvalue weighted by Crippen LogP contribution is 2.26. The molecule has 4 nitrogen and oxygen atoms in total. The van der Waals surface area contributed by atoms with Gasteiger partial charge < -0.3 is 14.8 Å². The lowest BCUT2D eigenvalue weighted by Gasteiger charge is -2.13. The van der Waals surface area contributed by atoms with Crippen LogP contribution in [0.25, 0.3) is 0 Å². The Kier molecular flexibility index (Phi) is 6.55. The van der Waals surface area contributed by atoms with Crippen LogP contribution in [0.15, 0.2) is 53.4 Å². The Morgan fingerprint density at radius 2 is 1.54 bits per heavy atom. The fourth-order valence-corrected chi connectivity index (χ4v) is 2.91. The summed E-state index contributed by atoms with van der Waals surface area (Å²) in [6.45, 7) is 5.85. The summed E-state index contributed by atoms with van der Waals surface area (Å²) in [4.78, 5) is 13.3. The highest BCUT2D eigenvalue weighted by atomic mass is 32.2. The highest BCUT2D eigenvalue weighted by Gasteiger charge is 2.14. The van der Waals surface area contributed by atoms with Crippen molar-refractivity contribution < 1.29 is 14.3 Å². The first-order chi connectivity index (χ1) is 11.5. The maximum absolute atomic E-state index is 12.3. The fraction of sp³-hybridized carbons (Fsp3) is 0.316. The average Bonchev–Trinajstić information content (AvgIpc) is 2.56. The Hall–Kier alpha value is -2.14. The summed E-state index contributed by atoms with van der Waals surface area (Å²) in [5, 5.41) is 2.72. The standard InChI is InChI=1S/C19H23NO3S/c1-13(2)23-17-7-5-15(6-8-17)20-19(21)14(3)24-18-11-9-16(22-4)10-12-18/h5-14H,1-4H3,(H,20,21)/t14-/m1/s1. The van der Waals surface area contributed by atoms with E-state index in [9.17, 15) is 4.79 Å². The van der Waals surface area contributed by atoms with Crippen molar-refractivity contribution in [3.8, 4) is 11.5 Å². The molecular formula is C19H23NO3S. The number of thioether (sulfide) groups is 1. The smallest absolute Gasteiger partial charge is 0.237 e. The molecule has 0 saturated heterocycles. The lowest BCUT2D eigenvalue weighted by atomic mass is 10.3. The van der Waals surface area contributed by atoms with Crippen molar-refractivity contribution in [1.29, 1.82) is 0 Å². The minimum absolute atomic E-state index is 0.0339. The number of hydrogen-bond donors (Lipinski definition) is 1. The number of hydrogen-bond acceptors (Lipinski definition) is 4. The van der Waals surface area contributed by atoms with Crippen molar-refractivity contribution in [2.75, 3.05) is 12.4 Å². The topological polar surface area (TPSA) is 47.6 Å². The summed E-state index contributed by atoms with van der Waals surface area (Å²) in [5.41, 5.74) is 0.762. The summed E-state index contributed by atoms with van der Waals surface area (Å²) in [7, 11) is 1.63. The van der Waals surface area contributed by atoms with Crippen molar-refractivity contribution >= 4 is 23.4 Å². The largest absolute Gasteiger partial charge is 0.497 e. The molecule has 1 N–H and O–H groups in total. The van der Waals surface area contributed by atoms with Gasteiger partial charge in [-0.3, -0.25) is 4.79 Å². The molecule has 0 radical (unpaired) electrons. The van der Waals surface area contributed by atoms with E-state index in [-0.39, 0.29) is 17.3 Å². The molecule has 0 fully saturated rings. The van der Waals surface area contributed by atoms with Gasteiger partial charge in [0.1, 0.15) is 11.5 Å². The summed E-state index contributed by atoms with van der Waals surface area (Å²) >= 11 is 1.51. The first-order valence-corrected chi connectivity index (χ1v) is 8.74. The van der Waals surface area contributed by atoms with E-state index in [0.717, 1.165) is 22.1 Å². The number of benzene rings is 2. The molecule has 2 rings (SSSR count). The third kappa shape index (κ3) is 5.49. The molecule has 1 amide bonds. The van der Waals surface area contributed by atoms with Gasteiger partial charge in [-0.05, 0) is 69.3 Å². The molecule has 0 aliphatic rings. The maximum atomic E-state index is 12.3. The van der Waals surface area contributed by atoms with Crippen LogP contribution in [0, 0.1) is 0 Å². The Morgan fingerprint density at radius 3 is 2.08 bits per heavy atom. The predicted molar refractivity (Wildman–Crippen MR) is 99.1 cm³/mol. The van der Waals surface area contributed by atoms with Gasteiger partial charge in [-0.25, -0.2) is 0 Å². The van der Waals surface area contributed by atoms with Crippen molar-refractivity contribution in [3.63, 3.8) is 0 Å². The molecular weight excluding hydrogens is 322 g/mol. The van der Waals surface area contributed by atoms with Gasteiger partial charge in [0.25, 0.3) is 0 Å². The second-order valence-electron chi connectivity index (χ2n) is 5.62. The molecule has 2 aromatic rings. The van der Waals surface area contributed by atoms with E-state index in [4.69, 9.17) is 9.47 Å². The SMILES string of the molecule is COc1ccc(S[C@H](C)C(=O)Nc2ccc(OC(C)C)cc2)cc1. The molecule has 0 saturated carbocycles. The minimum Gasteiger partial charge on any atom is -0.497 e. The molecule has 0 aliphatic carbocycles. The van der Waals surface area contributed by atoms with Crippen LogP contribution >= 0.6 is 11.8 Å². The quantitative estimate of drug-likeness (QED) is 0.745. The Balaban J connectivity index is 1.90. The van der Waals surface area contributed by atoms with Crippen molar-refractivity contribution in [3.05, 3.63) is 48.5 Å². The van der Waals surface area contributed by atoms with E-state index in [2.05, 4.69) is 5.32 Å². The van der Waals surface area contributed by atoms with Gasteiger partial charge in [0.05, 0.1) is 18.5 Å². The van der Waals surface area contributed by atoms with Crippen LogP contribution in [-0.2, 0) is 4.79 Å². The monoisotopic (exact) mass is 345 g/mol. The number of methoxy groups -OCH3 is 1. The zero-order valence-corrected chi connectivity index (χ0v) is 15.2. The first-order valence-electron chi connectivity index (χ1n) is 7.86.